The molecule has 2 N–H and O–H groups in total. The van der Waals surface area contributed by atoms with Crippen LogP contribution >= 0.6 is 0 Å². The molecule has 33 heavy (non-hydrogen) atoms. The fraction of sp³-hybridized carbons (Fsp3) is 0.480. The van der Waals surface area contributed by atoms with Gasteiger partial charge in [0.2, 0.25) is 4.75 Å². The summed E-state index contributed by atoms with van der Waals surface area (Å²) >= 11 is 0. The molecular weight excluding hydrogens is 456 g/mol. The third-order valence-electron chi connectivity index (χ3n) is 6.28. The number of unbranched alkanes of at least 4 members (excludes halogenated alkanes) is 1. The van der Waals surface area contributed by atoms with Crippen LogP contribution in [0.4, 0.5) is 0 Å². The number of hydrogen-bond donors (Lipinski definition) is 1. The van der Waals surface area contributed by atoms with E-state index >= 15 is 0 Å². The van der Waals surface area contributed by atoms with Gasteiger partial charge in [-0.25, -0.2) is 8.51 Å². The number of aryl methyl sites for hydroxylation is 1. The van der Waals surface area contributed by atoms with E-state index in [0.29, 0.717) is 36.7 Å². The number of nitrogens with two attached hydrogens (primary N) is 1. The van der Waals surface area contributed by atoms with Gasteiger partial charge in [0.15, 0.2) is 4.90 Å². The first-order chi connectivity index (χ1) is 15.9. The average Bonchev–Trinajstić information content (AvgIpc) is 2.86. The van der Waals surface area contributed by atoms with Crippen LogP contribution in [0.15, 0.2) is 59.5 Å². The normalized spacial score (nSPS) is 17.5. The second kappa shape index (κ2) is 12.6. The molecule has 2 aromatic rings. The molecule has 0 saturated carbocycles. The number of ether oxygens (including phenoxy) is 1. The molecule has 1 saturated heterocycles. The van der Waals surface area contributed by atoms with Crippen LogP contribution in [0.1, 0.15) is 36.8 Å². The second-order valence-corrected chi connectivity index (χ2v) is 12.2. The van der Waals surface area contributed by atoms with Gasteiger partial charge in [-0.1, -0.05) is 42.5 Å². The largest absolute Gasteiger partial charge is 0.381 e. The lowest BCUT2D eigenvalue weighted by Crippen LogP contribution is -2.51. The van der Waals surface area contributed by atoms with Gasteiger partial charge < -0.3 is 10.5 Å². The van der Waals surface area contributed by atoms with Crippen molar-refractivity contribution in [2.45, 2.75) is 48.2 Å². The van der Waals surface area contributed by atoms with Crippen molar-refractivity contribution >= 4 is 27.7 Å². The number of amides is 1. The zero-order valence-corrected chi connectivity index (χ0v) is 21.0. The number of hydrogen-bond acceptors (Lipinski definition) is 4. The van der Waals surface area contributed by atoms with E-state index in [1.165, 1.54) is 5.56 Å². The van der Waals surface area contributed by atoms with Crippen LogP contribution < -0.4 is 5.73 Å². The van der Waals surface area contributed by atoms with Crippen molar-refractivity contribution in [3.05, 3.63) is 65.7 Å². The summed E-state index contributed by atoms with van der Waals surface area (Å²) in [6, 6.07) is 17.9. The SMILES string of the molecule is CN(CCc1ccccc1)S(=O)CCCCc1ccc([SH+](=O)C2(C(N)=O)CCOCC2)cc1. The standard InChI is InChI=1S/C25H34N2O4S2/c1-27(17-14-21-7-3-2-4-8-21)32(29)20-6-5-9-22-10-12-23(13-11-22)33(30)25(24(26)28)15-18-31-19-16-25/h2-4,7-8,10-13H,5-6,9,14-20H2,1H3,(H2,26,28)/p+1. The van der Waals surface area contributed by atoms with E-state index in [4.69, 9.17) is 10.5 Å². The van der Waals surface area contributed by atoms with E-state index in [0.717, 1.165) is 37.8 Å². The Labute approximate surface area is 201 Å². The van der Waals surface area contributed by atoms with Gasteiger partial charge >= 0.3 is 0 Å². The molecule has 0 radical (unpaired) electrons. The predicted molar refractivity (Wildman–Crippen MR) is 135 cm³/mol. The maximum Gasteiger partial charge on any atom is 0.273 e. The monoisotopic (exact) mass is 491 g/mol. The maximum absolute atomic E-state index is 13.2. The lowest BCUT2D eigenvalue weighted by Gasteiger charge is -2.28. The summed E-state index contributed by atoms with van der Waals surface area (Å²) in [6.07, 6.45) is 4.38. The number of carbonyl (C=O) groups is 1. The van der Waals surface area contributed by atoms with Crippen molar-refractivity contribution < 1.29 is 17.9 Å². The van der Waals surface area contributed by atoms with Crippen molar-refractivity contribution in [3.8, 4) is 0 Å². The van der Waals surface area contributed by atoms with Gasteiger partial charge in [0.05, 0.1) is 24.2 Å². The summed E-state index contributed by atoms with van der Waals surface area (Å²) in [7, 11) is -0.998. The van der Waals surface area contributed by atoms with Gasteiger partial charge in [-0.05, 0) is 56.0 Å². The lowest BCUT2D eigenvalue weighted by molar-refractivity contribution is -0.122. The number of primary amides is 1. The lowest BCUT2D eigenvalue weighted by atomic mass is 9.98. The minimum Gasteiger partial charge on any atom is -0.381 e. The van der Waals surface area contributed by atoms with Gasteiger partial charge in [0, 0.05) is 25.1 Å². The highest BCUT2D eigenvalue weighted by molar-refractivity contribution is 7.87. The molecule has 1 amide bonds. The van der Waals surface area contributed by atoms with Crippen LogP contribution in [0.3, 0.4) is 0 Å². The Kier molecular flexibility index (Phi) is 9.79. The van der Waals surface area contributed by atoms with Crippen molar-refractivity contribution in [1.29, 1.82) is 0 Å². The molecule has 1 aliphatic heterocycles. The quantitative estimate of drug-likeness (QED) is 0.281. The van der Waals surface area contributed by atoms with Crippen LogP contribution in [0.5, 0.6) is 0 Å². The van der Waals surface area contributed by atoms with E-state index in [1.54, 1.807) is 0 Å². The summed E-state index contributed by atoms with van der Waals surface area (Å²) in [4.78, 5) is 12.8. The molecule has 1 aliphatic rings. The van der Waals surface area contributed by atoms with Crippen molar-refractivity contribution in [2.24, 2.45) is 5.73 Å². The topological polar surface area (TPSA) is 89.7 Å². The van der Waals surface area contributed by atoms with E-state index in [9.17, 15) is 13.2 Å². The highest BCUT2D eigenvalue weighted by atomic mass is 32.2. The van der Waals surface area contributed by atoms with E-state index in [-0.39, 0.29) is 0 Å². The van der Waals surface area contributed by atoms with Gasteiger partial charge in [-0.2, -0.15) is 0 Å². The van der Waals surface area contributed by atoms with Crippen molar-refractivity contribution in [2.75, 3.05) is 32.6 Å². The smallest absolute Gasteiger partial charge is 0.273 e. The third-order valence-corrected chi connectivity index (χ3v) is 10.0. The molecule has 0 aliphatic carbocycles. The number of rotatable bonds is 12. The Hall–Kier alpha value is -1.87. The summed E-state index contributed by atoms with van der Waals surface area (Å²) < 4.78 is 31.9. The number of nitrogens with zero attached hydrogens (tertiary/aromatic N) is 1. The van der Waals surface area contributed by atoms with Crippen molar-refractivity contribution in [3.63, 3.8) is 0 Å². The summed E-state index contributed by atoms with van der Waals surface area (Å²) in [5.41, 5.74) is 8.04. The minimum absolute atomic E-state index is 0.399. The van der Waals surface area contributed by atoms with Crippen molar-refractivity contribution in [1.82, 2.24) is 4.31 Å². The number of thiol groups is 1. The predicted octanol–water partition coefficient (Wildman–Crippen LogP) is 2.94. The molecule has 8 heteroatoms. The van der Waals surface area contributed by atoms with Crippen LogP contribution in [0, 0.1) is 0 Å². The highest BCUT2D eigenvalue weighted by Crippen LogP contribution is 2.32. The fourth-order valence-electron chi connectivity index (χ4n) is 4.05. The Morgan fingerprint density at radius 1 is 1.03 bits per heavy atom. The van der Waals surface area contributed by atoms with E-state index in [2.05, 4.69) is 12.1 Å². The molecule has 2 aromatic carbocycles. The molecule has 1 fully saturated rings. The van der Waals surface area contributed by atoms with Gasteiger partial charge in [0.25, 0.3) is 5.91 Å². The fourth-order valence-corrected chi connectivity index (χ4v) is 6.81. The Morgan fingerprint density at radius 2 is 1.67 bits per heavy atom. The van der Waals surface area contributed by atoms with Crippen LogP contribution in [0.25, 0.3) is 0 Å². The van der Waals surface area contributed by atoms with E-state index in [1.807, 2.05) is 53.8 Å². The highest BCUT2D eigenvalue weighted by Gasteiger charge is 2.50. The molecule has 0 spiro atoms. The maximum atomic E-state index is 13.2. The summed E-state index contributed by atoms with van der Waals surface area (Å²) in [5.74, 6) is 0.149. The van der Waals surface area contributed by atoms with Crippen LogP contribution in [0.2, 0.25) is 0 Å². The number of carbonyl (C=O) groups excluding carboxylic acids is 1. The Bertz CT molecular complexity index is 945. The molecule has 180 valence electrons. The molecule has 0 aromatic heterocycles. The molecule has 2 atom stereocenters. The molecular formula is C25H35N2O4S2+. The number of benzene rings is 2. The zero-order valence-electron chi connectivity index (χ0n) is 19.3. The first-order valence-corrected chi connectivity index (χ1v) is 14.0. The van der Waals surface area contributed by atoms with Gasteiger partial charge in [0.1, 0.15) is 10.8 Å². The Morgan fingerprint density at radius 3 is 2.30 bits per heavy atom. The number of likely N-dealkylation sites (N-methyl/N-ethyl adjacent to an activating group) is 1. The molecule has 6 nitrogen and oxygen atoms in total. The summed E-state index contributed by atoms with van der Waals surface area (Å²) in [6.45, 7) is 1.59. The van der Waals surface area contributed by atoms with Gasteiger partial charge in [-0.3, -0.25) is 4.79 Å². The Balaban J connectivity index is 1.42. The minimum atomic E-state index is -1.93. The molecule has 2 unspecified atom stereocenters. The van der Waals surface area contributed by atoms with Crippen LogP contribution in [-0.4, -0.2) is 51.7 Å². The zero-order chi connectivity index (χ0) is 23.7. The van der Waals surface area contributed by atoms with Gasteiger partial charge in [-0.15, -0.1) is 4.21 Å². The van der Waals surface area contributed by atoms with Crippen LogP contribution in [-0.2, 0) is 48.4 Å². The molecule has 3 rings (SSSR count). The first-order valence-electron chi connectivity index (χ1n) is 11.5. The second-order valence-electron chi connectivity index (χ2n) is 8.54. The average molecular weight is 492 g/mol. The molecule has 0 bridgehead atoms. The molecule has 1 heterocycles. The van der Waals surface area contributed by atoms with E-state index < -0.39 is 32.4 Å². The third kappa shape index (κ3) is 7.06. The first kappa shape index (κ1) is 25.7. The summed E-state index contributed by atoms with van der Waals surface area (Å²) in [5, 5.41) is 0.